The van der Waals surface area contributed by atoms with Crippen molar-refractivity contribution in [2.45, 2.75) is 39.8 Å². The molecule has 206 valence electrons. The number of aromatic amines is 1. The molecule has 8 heteroatoms. The molecule has 0 amide bonds. The number of phenols is 1. The SMILES string of the molecule is Cc1ccc(/C=C/C(=O)c2cc(CN3CCC=C(n4c(=O)[nH]c5ccccc54)C3)c(OC(C)C)cc2O)c(Cl)c1. The van der Waals surface area contributed by atoms with Gasteiger partial charge in [0.2, 0.25) is 0 Å². The molecule has 5 rings (SSSR count). The summed E-state index contributed by atoms with van der Waals surface area (Å²) in [6.45, 7) is 7.57. The van der Waals surface area contributed by atoms with Gasteiger partial charge in [-0.2, -0.15) is 0 Å². The Morgan fingerprint density at radius 1 is 1.18 bits per heavy atom. The van der Waals surface area contributed by atoms with E-state index in [9.17, 15) is 14.7 Å². The van der Waals surface area contributed by atoms with Crippen molar-refractivity contribution in [1.82, 2.24) is 14.5 Å². The van der Waals surface area contributed by atoms with Crippen LogP contribution in [0.5, 0.6) is 11.5 Å². The fourth-order valence-corrected chi connectivity index (χ4v) is 5.28. The quantitative estimate of drug-likeness (QED) is 0.193. The van der Waals surface area contributed by atoms with Gasteiger partial charge in [0.05, 0.1) is 22.7 Å². The third-order valence-corrected chi connectivity index (χ3v) is 7.19. The fourth-order valence-electron chi connectivity index (χ4n) is 4.99. The number of carbonyl (C=O) groups excluding carboxylic acids is 1. The molecular weight excluding hydrogens is 526 g/mol. The lowest BCUT2D eigenvalue weighted by molar-refractivity contribution is 0.104. The monoisotopic (exact) mass is 557 g/mol. The number of para-hydroxylation sites is 2. The second-order valence-electron chi connectivity index (χ2n) is 10.3. The number of H-pyrrole nitrogens is 1. The van der Waals surface area contributed by atoms with Crippen molar-refractivity contribution in [2.75, 3.05) is 13.1 Å². The number of halogens is 1. The minimum absolute atomic E-state index is 0.120. The summed E-state index contributed by atoms with van der Waals surface area (Å²) in [5, 5.41) is 11.3. The van der Waals surface area contributed by atoms with Crippen LogP contribution in [-0.4, -0.2) is 44.5 Å². The lowest BCUT2D eigenvalue weighted by atomic mass is 10.0. The summed E-state index contributed by atoms with van der Waals surface area (Å²) < 4.78 is 7.75. The lowest BCUT2D eigenvalue weighted by Gasteiger charge is -2.28. The highest BCUT2D eigenvalue weighted by Gasteiger charge is 2.22. The second-order valence-corrected chi connectivity index (χ2v) is 10.8. The number of phenolic OH excluding ortho intramolecular Hbond substituents is 1. The molecular formula is C32H32ClN3O4. The van der Waals surface area contributed by atoms with Crippen molar-refractivity contribution in [3.63, 3.8) is 0 Å². The van der Waals surface area contributed by atoms with Crippen LogP contribution < -0.4 is 10.4 Å². The Kier molecular flexibility index (Phi) is 7.96. The number of hydrogen-bond donors (Lipinski definition) is 2. The number of fused-ring (bicyclic) bond motifs is 1. The summed E-state index contributed by atoms with van der Waals surface area (Å²) in [5.41, 5.74) is 5.07. The highest BCUT2D eigenvalue weighted by molar-refractivity contribution is 6.32. The Morgan fingerprint density at radius 3 is 2.75 bits per heavy atom. The van der Waals surface area contributed by atoms with Crippen LogP contribution in [0.15, 0.2) is 71.5 Å². The fraction of sp³-hybridized carbons (Fsp3) is 0.250. The summed E-state index contributed by atoms with van der Waals surface area (Å²) in [4.78, 5) is 31.1. The van der Waals surface area contributed by atoms with Gasteiger partial charge in [-0.05, 0) is 74.7 Å². The van der Waals surface area contributed by atoms with E-state index in [0.717, 1.165) is 46.4 Å². The second kappa shape index (κ2) is 11.6. The van der Waals surface area contributed by atoms with Gasteiger partial charge in [0, 0.05) is 42.0 Å². The molecule has 2 N–H and O–H groups in total. The standard InChI is InChI=1S/C32H32ClN3O4/c1-20(2)40-31-17-30(38)25(29(37)13-12-22-11-10-21(3)15-26(22)33)16-23(31)18-35-14-6-7-24(19-35)36-28-9-5-4-8-27(28)34-32(36)39/h4-5,7-13,15-17,20,38H,6,14,18-19H2,1-3H3,(H,34,39)/b13-12+. The number of nitrogens with zero attached hydrogens (tertiary/aromatic N) is 2. The smallest absolute Gasteiger partial charge is 0.330 e. The van der Waals surface area contributed by atoms with Crippen LogP contribution in [0.1, 0.15) is 47.3 Å². The van der Waals surface area contributed by atoms with Crippen LogP contribution in [0.25, 0.3) is 22.8 Å². The maximum atomic E-state index is 13.2. The van der Waals surface area contributed by atoms with Crippen LogP contribution in [-0.2, 0) is 6.54 Å². The number of aryl methyl sites for hydroxylation is 1. The van der Waals surface area contributed by atoms with Crippen LogP contribution in [0.3, 0.4) is 0 Å². The average molecular weight is 558 g/mol. The highest BCUT2D eigenvalue weighted by atomic mass is 35.5. The highest BCUT2D eigenvalue weighted by Crippen LogP contribution is 2.32. The molecule has 1 aliphatic heterocycles. The predicted molar refractivity (Wildman–Crippen MR) is 160 cm³/mol. The summed E-state index contributed by atoms with van der Waals surface area (Å²) in [7, 11) is 0. The maximum absolute atomic E-state index is 13.2. The molecule has 0 aliphatic carbocycles. The number of aromatic hydroxyl groups is 1. The van der Waals surface area contributed by atoms with Gasteiger partial charge < -0.3 is 14.8 Å². The first-order chi connectivity index (χ1) is 19.2. The number of nitrogens with one attached hydrogen (secondary N) is 1. The van der Waals surface area contributed by atoms with Gasteiger partial charge in [-0.3, -0.25) is 14.3 Å². The lowest BCUT2D eigenvalue weighted by Crippen LogP contribution is -2.33. The first-order valence-corrected chi connectivity index (χ1v) is 13.7. The normalized spacial score (nSPS) is 14.3. The van der Waals surface area contributed by atoms with E-state index in [2.05, 4.69) is 16.0 Å². The molecule has 0 radical (unpaired) electrons. The molecule has 0 atom stereocenters. The zero-order chi connectivity index (χ0) is 28.4. The molecule has 1 aromatic heterocycles. The summed E-state index contributed by atoms with van der Waals surface area (Å²) in [5.74, 6) is 0.0414. The molecule has 0 fully saturated rings. The van der Waals surface area contributed by atoms with Gasteiger partial charge >= 0.3 is 5.69 Å². The van der Waals surface area contributed by atoms with Crippen molar-refractivity contribution in [3.8, 4) is 11.5 Å². The van der Waals surface area contributed by atoms with Crippen LogP contribution in [0.4, 0.5) is 0 Å². The number of rotatable bonds is 8. The first kappa shape index (κ1) is 27.5. The summed E-state index contributed by atoms with van der Waals surface area (Å²) in [6, 6.07) is 16.5. The largest absolute Gasteiger partial charge is 0.507 e. The van der Waals surface area contributed by atoms with Crippen molar-refractivity contribution >= 4 is 40.2 Å². The van der Waals surface area contributed by atoms with E-state index in [4.69, 9.17) is 16.3 Å². The Hall–Kier alpha value is -4.07. The number of allylic oxidation sites excluding steroid dienone is 1. The van der Waals surface area contributed by atoms with Crippen molar-refractivity contribution < 1.29 is 14.6 Å². The summed E-state index contributed by atoms with van der Waals surface area (Å²) >= 11 is 6.32. The molecule has 2 heterocycles. The zero-order valence-corrected chi connectivity index (χ0v) is 23.5. The van der Waals surface area contributed by atoms with Crippen LogP contribution in [0, 0.1) is 6.92 Å². The molecule has 0 saturated heterocycles. The predicted octanol–water partition coefficient (Wildman–Crippen LogP) is 6.43. The molecule has 1 aliphatic rings. The van der Waals surface area contributed by atoms with E-state index in [-0.39, 0.29) is 28.9 Å². The molecule has 0 bridgehead atoms. The van der Waals surface area contributed by atoms with Gasteiger partial charge in [-0.15, -0.1) is 0 Å². The molecule has 40 heavy (non-hydrogen) atoms. The van der Waals surface area contributed by atoms with Crippen molar-refractivity contribution in [3.05, 3.63) is 105 Å². The Morgan fingerprint density at radius 2 is 1.98 bits per heavy atom. The number of ketones is 1. The first-order valence-electron chi connectivity index (χ1n) is 13.3. The number of ether oxygens (including phenoxy) is 1. The molecule has 3 aromatic carbocycles. The van der Waals surface area contributed by atoms with Crippen LogP contribution >= 0.6 is 11.6 Å². The Balaban J connectivity index is 1.42. The van der Waals surface area contributed by atoms with Crippen molar-refractivity contribution in [2.24, 2.45) is 0 Å². The molecule has 0 saturated carbocycles. The number of hydrogen-bond acceptors (Lipinski definition) is 5. The van der Waals surface area contributed by atoms with Crippen LogP contribution in [0.2, 0.25) is 5.02 Å². The topological polar surface area (TPSA) is 87.6 Å². The van der Waals surface area contributed by atoms with E-state index in [0.29, 0.717) is 23.9 Å². The minimum Gasteiger partial charge on any atom is -0.507 e. The third kappa shape index (κ3) is 5.91. The molecule has 4 aromatic rings. The van der Waals surface area contributed by atoms with Gasteiger partial charge in [-0.1, -0.05) is 41.9 Å². The summed E-state index contributed by atoms with van der Waals surface area (Å²) in [6.07, 6.45) is 5.82. The molecule has 0 unspecified atom stereocenters. The van der Waals surface area contributed by atoms with Gasteiger partial charge in [-0.25, -0.2) is 4.79 Å². The minimum atomic E-state index is -0.337. The molecule has 0 spiro atoms. The van der Waals surface area contributed by atoms with Crippen molar-refractivity contribution in [1.29, 1.82) is 0 Å². The average Bonchev–Trinajstić information content (AvgIpc) is 3.25. The van der Waals surface area contributed by atoms with Gasteiger partial charge in [0.1, 0.15) is 11.5 Å². The third-order valence-electron chi connectivity index (χ3n) is 6.86. The number of aromatic nitrogens is 2. The van der Waals surface area contributed by atoms with Gasteiger partial charge in [0.25, 0.3) is 0 Å². The van der Waals surface area contributed by atoms with E-state index in [1.54, 1.807) is 16.7 Å². The van der Waals surface area contributed by atoms with E-state index < -0.39 is 0 Å². The maximum Gasteiger partial charge on any atom is 0.330 e. The molecule has 7 nitrogen and oxygen atoms in total. The Labute approximate surface area is 238 Å². The van der Waals surface area contributed by atoms with E-state index in [1.165, 1.54) is 12.1 Å². The van der Waals surface area contributed by atoms with E-state index >= 15 is 0 Å². The van der Waals surface area contributed by atoms with Gasteiger partial charge in [0.15, 0.2) is 5.78 Å². The number of imidazole rings is 1. The van der Waals surface area contributed by atoms with E-state index in [1.807, 2.05) is 63.2 Å². The number of carbonyl (C=O) groups is 1. The number of benzene rings is 3. The Bertz CT molecular complexity index is 1700. The zero-order valence-electron chi connectivity index (χ0n) is 22.8.